The fraction of sp³-hybridized carbons (Fsp3) is 0. The molecule has 0 aliphatic rings. The van der Waals surface area contributed by atoms with Gasteiger partial charge in [0, 0.05) is 105 Å². The molecule has 25 rings (SSSR count). The lowest BCUT2D eigenvalue weighted by atomic mass is 9.99. The molecule has 7 aromatic heterocycles. The number of nitrogens with zero attached hydrogens (tertiary/aromatic N) is 20. The van der Waals surface area contributed by atoms with E-state index < -0.39 is 0 Å². The SMILES string of the molecule is N#Cc1ccc(-c2ccc(-c3nc(-c4ccc(-c5ccccc5C#N)cc4)nc(-c4ccc(-c5ccc(C#N)cc5)cc4-n4c5ccc(-c6nc(-c7ccccc7)nc(-c7ccccc7)n6)cc5c5cc(-c6nc(-c7ccccc7)nc(-c7ccccc7)n6)ccc54)n3)c(-n3c4ccc(-c5nc(-c6ccccc6)nc(-c6ccccc6)n5)cc4c4cc(-c5nc(-c6ccccc6)nc(-c6ccccc6)n5)ccc43)c2)cc1. The van der Waals surface area contributed by atoms with Gasteiger partial charge < -0.3 is 9.13 Å². The summed E-state index contributed by atoms with van der Waals surface area (Å²) in [5.74, 6) is 6.79. The van der Waals surface area contributed by atoms with Gasteiger partial charge in [-0.3, -0.25) is 0 Å². The third-order valence-electron chi connectivity index (χ3n) is 26.2. The predicted molar refractivity (Wildman–Crippen MR) is 574 cm³/mol. The maximum absolute atomic E-state index is 10.6. The van der Waals surface area contributed by atoms with Crippen molar-refractivity contribution in [1.82, 2.24) is 83.9 Å². The third kappa shape index (κ3) is 16.6. The maximum atomic E-state index is 10.6. The summed E-state index contributed by atoms with van der Waals surface area (Å²) in [5, 5.41) is 34.6. The second-order valence-electron chi connectivity index (χ2n) is 35.1. The van der Waals surface area contributed by atoms with Crippen LogP contribution in [0.25, 0.3) is 259 Å². The third-order valence-corrected chi connectivity index (χ3v) is 26.2. The van der Waals surface area contributed by atoms with E-state index in [-0.39, 0.29) is 0 Å². The van der Waals surface area contributed by atoms with E-state index >= 15 is 0 Å². The average molecular weight is 1870 g/mol. The van der Waals surface area contributed by atoms with Gasteiger partial charge in [-0.15, -0.1) is 0 Å². The monoisotopic (exact) mass is 1870 g/mol. The van der Waals surface area contributed by atoms with Crippen molar-refractivity contribution in [3.8, 4) is 234 Å². The predicted octanol–water partition coefficient (Wildman–Crippen LogP) is 28.4. The van der Waals surface area contributed by atoms with E-state index in [1.165, 1.54) is 0 Å². The zero-order valence-corrected chi connectivity index (χ0v) is 77.7. The van der Waals surface area contributed by atoms with Gasteiger partial charge in [-0.25, -0.2) is 74.8 Å². The number of nitriles is 3. The van der Waals surface area contributed by atoms with Crippen molar-refractivity contribution >= 4 is 43.6 Å². The van der Waals surface area contributed by atoms with E-state index in [9.17, 15) is 15.8 Å². The first-order chi connectivity index (χ1) is 72.1. The Morgan fingerprint density at radius 3 is 0.596 bits per heavy atom. The molecule has 0 aliphatic heterocycles. The summed E-state index contributed by atoms with van der Waals surface area (Å²) in [5.41, 5.74) is 22.3. The minimum atomic E-state index is 0.301. The highest BCUT2D eigenvalue weighted by atomic mass is 15.1. The highest BCUT2D eigenvalue weighted by molar-refractivity contribution is 6.14. The Kier molecular flexibility index (Phi) is 22.2. The van der Waals surface area contributed by atoms with Gasteiger partial charge >= 0.3 is 0 Å². The Bertz CT molecular complexity index is 8440. The lowest BCUT2D eigenvalue weighted by Gasteiger charge is -2.18. The smallest absolute Gasteiger partial charge is 0.166 e. The molecule has 18 aromatic carbocycles. The second-order valence-corrected chi connectivity index (χ2v) is 35.1. The molecule has 7 heterocycles. The standard InChI is InChI=1S/C126H74N20/c127-75-78-45-49-80(50-46-78)92-57-63-100(110(73-92)145-106-65-59-94(121-134-112(83-27-9-1-10-28-83)130-113(135-121)84-29-11-2-12-30-84)69-102(106)103-70-95(60-66-107(103)145)122-136-114(85-31-13-3-14-32-85)131-115(137-122)86-33-15-4-16-34-86)125-142-120(91-55-53-82(54-56-91)99-44-26-25-43-98(99)77-129)143-126(144-125)101-64-58-93(81-51-47-79(76-128)48-52-81)74-111(101)146-108-67-61-96(123-138-116(87-35-17-5-18-36-87)132-117(139-123)88-37-19-6-20-38-88)71-104(108)105-72-97(62-68-109(105)146)124-140-118(89-39-21-7-22-40-89)133-119(141-124)90-41-23-8-24-42-90/h1-74H. The molecular formula is C126H74N20. The van der Waals surface area contributed by atoms with Crippen molar-refractivity contribution in [3.05, 3.63) is 466 Å². The summed E-state index contributed by atoms with van der Waals surface area (Å²) in [4.78, 5) is 80.5. The van der Waals surface area contributed by atoms with Crippen LogP contribution < -0.4 is 0 Å². The first-order valence-electron chi connectivity index (χ1n) is 47.5. The molecule has 20 heteroatoms. The Morgan fingerprint density at radius 2 is 0.342 bits per heavy atom. The highest BCUT2D eigenvalue weighted by Crippen LogP contribution is 2.46. The van der Waals surface area contributed by atoms with Crippen LogP contribution in [0.5, 0.6) is 0 Å². The zero-order valence-electron chi connectivity index (χ0n) is 77.7. The lowest BCUT2D eigenvalue weighted by Crippen LogP contribution is -2.06. The van der Waals surface area contributed by atoms with Gasteiger partial charge in [0.1, 0.15) is 0 Å². The molecule has 0 saturated carbocycles. The summed E-state index contributed by atoms with van der Waals surface area (Å²) < 4.78 is 4.54. The molecule has 20 nitrogen and oxygen atoms in total. The van der Waals surface area contributed by atoms with Gasteiger partial charge in [0.15, 0.2) is 87.4 Å². The van der Waals surface area contributed by atoms with Crippen molar-refractivity contribution < 1.29 is 0 Å². The second kappa shape index (κ2) is 37.4. The van der Waals surface area contributed by atoms with Crippen molar-refractivity contribution in [3.63, 3.8) is 0 Å². The van der Waals surface area contributed by atoms with Gasteiger partial charge in [-0.2, -0.15) is 15.8 Å². The molecule has 0 radical (unpaired) electrons. The molecule has 0 saturated heterocycles. The van der Waals surface area contributed by atoms with E-state index in [0.717, 1.165) is 144 Å². The van der Waals surface area contributed by atoms with E-state index in [4.69, 9.17) is 74.8 Å². The molecule has 25 aromatic rings. The van der Waals surface area contributed by atoms with Crippen LogP contribution in [0.2, 0.25) is 0 Å². The van der Waals surface area contributed by atoms with E-state index in [1.807, 2.05) is 340 Å². The maximum Gasteiger partial charge on any atom is 0.166 e. The van der Waals surface area contributed by atoms with Crippen molar-refractivity contribution in [1.29, 1.82) is 15.8 Å². The quantitative estimate of drug-likeness (QED) is 0.0685. The minimum Gasteiger partial charge on any atom is -0.308 e. The molecule has 146 heavy (non-hydrogen) atoms. The van der Waals surface area contributed by atoms with Crippen LogP contribution in [0.1, 0.15) is 16.7 Å². The molecule has 0 spiro atoms. The van der Waals surface area contributed by atoms with Crippen LogP contribution in [-0.4, -0.2) is 83.9 Å². The first kappa shape index (κ1) is 86.6. The molecule has 0 atom stereocenters. The fourth-order valence-electron chi connectivity index (χ4n) is 18.9. The molecule has 0 N–H and O–H groups in total. The summed E-state index contributed by atoms with van der Waals surface area (Å²) >= 11 is 0. The topological polar surface area (TPSA) is 275 Å². The first-order valence-corrected chi connectivity index (χ1v) is 47.5. The van der Waals surface area contributed by atoms with Crippen molar-refractivity contribution in [2.45, 2.75) is 0 Å². The lowest BCUT2D eigenvalue weighted by molar-refractivity contribution is 1.06. The Morgan fingerprint density at radius 1 is 0.144 bits per heavy atom. The van der Waals surface area contributed by atoms with Crippen molar-refractivity contribution in [2.75, 3.05) is 0 Å². The zero-order chi connectivity index (χ0) is 97.5. The fourth-order valence-corrected chi connectivity index (χ4v) is 18.9. The molecular weight excluding hydrogens is 1790 g/mol. The number of fused-ring (bicyclic) bond motifs is 6. The van der Waals surface area contributed by atoms with Crippen molar-refractivity contribution in [2.24, 2.45) is 0 Å². The molecule has 0 amide bonds. The minimum absolute atomic E-state index is 0.301. The average Bonchev–Trinajstić information content (AvgIpc) is 1.57. The Labute approximate surface area is 837 Å². The van der Waals surface area contributed by atoms with E-state index in [1.54, 1.807) is 0 Å². The van der Waals surface area contributed by atoms with Gasteiger partial charge in [0.2, 0.25) is 0 Å². The Hall–Kier alpha value is -20.9. The van der Waals surface area contributed by atoms with Gasteiger partial charge in [-0.1, -0.05) is 322 Å². The largest absolute Gasteiger partial charge is 0.308 e. The number of rotatable bonds is 20. The van der Waals surface area contributed by atoms with E-state index in [2.05, 4.69) is 137 Å². The molecule has 0 unspecified atom stereocenters. The van der Waals surface area contributed by atoms with E-state index in [0.29, 0.717) is 132 Å². The van der Waals surface area contributed by atoms with Crippen LogP contribution in [0.3, 0.4) is 0 Å². The number of hydrogen-bond donors (Lipinski definition) is 0. The van der Waals surface area contributed by atoms with Crippen LogP contribution in [0, 0.1) is 34.0 Å². The highest BCUT2D eigenvalue weighted by Gasteiger charge is 2.29. The van der Waals surface area contributed by atoms with Crippen LogP contribution in [0.15, 0.2) is 449 Å². The number of hydrogen-bond acceptors (Lipinski definition) is 18. The summed E-state index contributed by atoms with van der Waals surface area (Å²) in [6, 6.07) is 155. The molecule has 0 bridgehead atoms. The van der Waals surface area contributed by atoms with Crippen LogP contribution in [-0.2, 0) is 0 Å². The summed E-state index contributed by atoms with van der Waals surface area (Å²) in [7, 11) is 0. The Balaban J connectivity index is 0.755. The normalized spacial score (nSPS) is 11.3. The molecule has 678 valence electrons. The molecule has 0 fully saturated rings. The molecule has 0 aliphatic carbocycles. The number of benzene rings is 18. The van der Waals surface area contributed by atoms with Crippen LogP contribution >= 0.6 is 0 Å². The van der Waals surface area contributed by atoms with Gasteiger partial charge in [0.05, 0.1) is 68.3 Å². The summed E-state index contributed by atoms with van der Waals surface area (Å²) in [6.07, 6.45) is 0. The van der Waals surface area contributed by atoms with Crippen LogP contribution in [0.4, 0.5) is 0 Å². The summed E-state index contributed by atoms with van der Waals surface area (Å²) in [6.45, 7) is 0. The van der Waals surface area contributed by atoms with Gasteiger partial charge in [-0.05, 0) is 161 Å². The number of aromatic nitrogens is 17. The van der Waals surface area contributed by atoms with Gasteiger partial charge in [0.25, 0.3) is 0 Å².